The highest BCUT2D eigenvalue weighted by Crippen LogP contribution is 2.00. The molecule has 0 fully saturated rings. The van der Waals surface area contributed by atoms with Crippen LogP contribution in [-0.2, 0) is 19.0 Å². The Labute approximate surface area is 136 Å². The van der Waals surface area contributed by atoms with E-state index in [9.17, 15) is 14.4 Å². The standard InChI is InChI=1S/C14H27N3O6/c1-10(2)17-12(18)6-5-7-21-11(8-22-13(19)15-3)9-23-14(20)16-4/h10-11H,5-9H2,1-4H3,(H,15,19)(H,16,20)(H,17,18). The number of nitrogens with one attached hydrogen (secondary N) is 3. The Morgan fingerprint density at radius 1 is 0.957 bits per heavy atom. The van der Waals surface area contributed by atoms with E-state index in [0.717, 1.165) is 0 Å². The Morgan fingerprint density at radius 3 is 1.91 bits per heavy atom. The molecule has 134 valence electrons. The zero-order chi connectivity index (χ0) is 17.7. The number of hydrogen-bond acceptors (Lipinski definition) is 6. The van der Waals surface area contributed by atoms with Gasteiger partial charge in [-0.2, -0.15) is 0 Å². The first kappa shape index (κ1) is 21.0. The maximum Gasteiger partial charge on any atom is 0.406 e. The van der Waals surface area contributed by atoms with Gasteiger partial charge in [0.2, 0.25) is 5.91 Å². The van der Waals surface area contributed by atoms with Crippen LogP contribution in [0.3, 0.4) is 0 Å². The molecule has 3 N–H and O–H groups in total. The fraction of sp³-hybridized carbons (Fsp3) is 0.786. The van der Waals surface area contributed by atoms with Crippen molar-refractivity contribution in [2.24, 2.45) is 0 Å². The van der Waals surface area contributed by atoms with Gasteiger partial charge in [-0.05, 0) is 20.3 Å². The van der Waals surface area contributed by atoms with Crippen molar-refractivity contribution in [3.8, 4) is 0 Å². The maximum absolute atomic E-state index is 11.5. The van der Waals surface area contributed by atoms with Crippen LogP contribution in [-0.4, -0.2) is 64.2 Å². The predicted octanol–water partition coefficient (Wildman–Crippen LogP) is 0.388. The van der Waals surface area contributed by atoms with Gasteiger partial charge in [0.05, 0.1) is 0 Å². The van der Waals surface area contributed by atoms with Gasteiger partial charge in [-0.15, -0.1) is 0 Å². The summed E-state index contributed by atoms with van der Waals surface area (Å²) in [5, 5.41) is 7.39. The molecule has 0 atom stereocenters. The van der Waals surface area contributed by atoms with Crippen LogP contribution < -0.4 is 16.0 Å². The summed E-state index contributed by atoms with van der Waals surface area (Å²) in [5.41, 5.74) is 0. The van der Waals surface area contributed by atoms with Crippen molar-refractivity contribution < 1.29 is 28.6 Å². The monoisotopic (exact) mass is 333 g/mol. The Kier molecular flexibility index (Phi) is 11.4. The molecule has 0 spiro atoms. The van der Waals surface area contributed by atoms with E-state index >= 15 is 0 Å². The SMILES string of the molecule is CNC(=O)OCC(COC(=O)NC)OCCCC(=O)NC(C)C. The quantitative estimate of drug-likeness (QED) is 0.498. The van der Waals surface area contributed by atoms with E-state index in [-0.39, 0.29) is 31.8 Å². The number of carbonyl (C=O) groups is 3. The van der Waals surface area contributed by atoms with Crippen LogP contribution >= 0.6 is 0 Å². The topological polar surface area (TPSA) is 115 Å². The fourth-order valence-corrected chi connectivity index (χ4v) is 1.50. The van der Waals surface area contributed by atoms with E-state index < -0.39 is 18.3 Å². The number of ether oxygens (including phenoxy) is 3. The Balaban J connectivity index is 4.10. The zero-order valence-corrected chi connectivity index (χ0v) is 14.1. The second kappa shape index (κ2) is 12.5. The minimum Gasteiger partial charge on any atom is -0.447 e. The minimum absolute atomic E-state index is 0.0524. The molecule has 0 aromatic rings. The molecule has 23 heavy (non-hydrogen) atoms. The smallest absolute Gasteiger partial charge is 0.406 e. The van der Waals surface area contributed by atoms with Crippen LogP contribution in [0.15, 0.2) is 0 Å². The first-order valence-corrected chi connectivity index (χ1v) is 7.49. The summed E-state index contributed by atoms with van der Waals surface area (Å²) < 4.78 is 15.3. The van der Waals surface area contributed by atoms with Crippen molar-refractivity contribution in [2.75, 3.05) is 33.9 Å². The summed E-state index contributed by atoms with van der Waals surface area (Å²) in [6.07, 6.45) is -0.963. The summed E-state index contributed by atoms with van der Waals surface area (Å²) in [5.74, 6) is -0.0524. The maximum atomic E-state index is 11.5. The summed E-state index contributed by atoms with van der Waals surface area (Å²) in [6, 6.07) is 0.0954. The van der Waals surface area contributed by atoms with Gasteiger partial charge in [-0.25, -0.2) is 9.59 Å². The van der Waals surface area contributed by atoms with Crippen molar-refractivity contribution >= 4 is 18.1 Å². The van der Waals surface area contributed by atoms with Gasteiger partial charge in [0.25, 0.3) is 0 Å². The van der Waals surface area contributed by atoms with Crippen LogP contribution in [0.1, 0.15) is 26.7 Å². The highest BCUT2D eigenvalue weighted by molar-refractivity contribution is 5.76. The molecule has 9 nitrogen and oxygen atoms in total. The van der Waals surface area contributed by atoms with Crippen molar-refractivity contribution in [1.29, 1.82) is 0 Å². The molecule has 9 heteroatoms. The second-order valence-corrected chi connectivity index (χ2v) is 5.02. The Morgan fingerprint density at radius 2 is 1.48 bits per heavy atom. The van der Waals surface area contributed by atoms with E-state index in [1.165, 1.54) is 14.1 Å². The molecule has 0 heterocycles. The Bertz CT molecular complexity index is 356. The van der Waals surface area contributed by atoms with Gasteiger partial charge in [0, 0.05) is 33.2 Å². The number of amides is 3. The van der Waals surface area contributed by atoms with Gasteiger partial charge in [0.1, 0.15) is 19.3 Å². The molecule has 0 saturated carbocycles. The number of carbonyl (C=O) groups excluding carboxylic acids is 3. The van der Waals surface area contributed by atoms with E-state index in [2.05, 4.69) is 16.0 Å². The minimum atomic E-state index is -0.602. The first-order valence-electron chi connectivity index (χ1n) is 7.49. The molecular weight excluding hydrogens is 306 g/mol. The third-order valence-corrected chi connectivity index (χ3v) is 2.56. The van der Waals surface area contributed by atoms with Crippen LogP contribution in [0.4, 0.5) is 9.59 Å². The van der Waals surface area contributed by atoms with Crippen molar-refractivity contribution in [3.05, 3.63) is 0 Å². The van der Waals surface area contributed by atoms with Crippen molar-refractivity contribution in [3.63, 3.8) is 0 Å². The summed E-state index contributed by atoms with van der Waals surface area (Å²) >= 11 is 0. The number of hydrogen-bond donors (Lipinski definition) is 3. The highest BCUT2D eigenvalue weighted by Gasteiger charge is 2.15. The zero-order valence-electron chi connectivity index (χ0n) is 14.1. The lowest BCUT2D eigenvalue weighted by Crippen LogP contribution is -2.33. The second-order valence-electron chi connectivity index (χ2n) is 5.02. The Hall–Kier alpha value is -2.03. The number of rotatable bonds is 10. The molecule has 0 aromatic carbocycles. The lowest BCUT2D eigenvalue weighted by Gasteiger charge is -2.18. The molecule has 0 aliphatic carbocycles. The van der Waals surface area contributed by atoms with Gasteiger partial charge >= 0.3 is 12.2 Å². The molecule has 0 radical (unpaired) electrons. The normalized spacial score (nSPS) is 10.3. The molecule has 0 rings (SSSR count). The molecule has 0 aliphatic heterocycles. The van der Waals surface area contributed by atoms with Crippen LogP contribution in [0.5, 0.6) is 0 Å². The predicted molar refractivity (Wildman–Crippen MR) is 83.1 cm³/mol. The summed E-state index contributed by atoms with van der Waals surface area (Å²) in [7, 11) is 2.87. The fourth-order valence-electron chi connectivity index (χ4n) is 1.50. The molecular formula is C14H27N3O6. The highest BCUT2D eigenvalue weighted by atomic mass is 16.6. The lowest BCUT2D eigenvalue weighted by molar-refractivity contribution is -0.122. The van der Waals surface area contributed by atoms with Crippen LogP contribution in [0, 0.1) is 0 Å². The van der Waals surface area contributed by atoms with Crippen molar-refractivity contribution in [1.82, 2.24) is 16.0 Å². The average Bonchev–Trinajstić information content (AvgIpc) is 2.51. The molecule has 0 saturated heterocycles. The van der Waals surface area contributed by atoms with E-state index in [0.29, 0.717) is 12.8 Å². The van der Waals surface area contributed by atoms with Gasteiger partial charge in [-0.1, -0.05) is 0 Å². The largest absolute Gasteiger partial charge is 0.447 e. The number of alkyl carbamates (subject to hydrolysis) is 2. The van der Waals surface area contributed by atoms with E-state index in [4.69, 9.17) is 14.2 Å². The van der Waals surface area contributed by atoms with E-state index in [1.54, 1.807) is 0 Å². The lowest BCUT2D eigenvalue weighted by atomic mass is 10.3. The van der Waals surface area contributed by atoms with Crippen LogP contribution in [0.25, 0.3) is 0 Å². The van der Waals surface area contributed by atoms with Gasteiger partial charge < -0.3 is 30.2 Å². The molecule has 3 amide bonds. The van der Waals surface area contributed by atoms with Gasteiger partial charge in [0.15, 0.2) is 0 Å². The van der Waals surface area contributed by atoms with Gasteiger partial charge in [-0.3, -0.25) is 4.79 Å². The van der Waals surface area contributed by atoms with E-state index in [1.807, 2.05) is 13.8 Å². The third kappa shape index (κ3) is 12.2. The summed E-state index contributed by atoms with van der Waals surface area (Å²) in [6.45, 7) is 3.93. The summed E-state index contributed by atoms with van der Waals surface area (Å²) in [4.78, 5) is 33.6. The molecule has 0 aliphatic rings. The molecule has 0 aromatic heterocycles. The third-order valence-electron chi connectivity index (χ3n) is 2.56. The molecule has 0 unspecified atom stereocenters. The first-order chi connectivity index (χ1) is 10.9. The van der Waals surface area contributed by atoms with Crippen LogP contribution in [0.2, 0.25) is 0 Å². The average molecular weight is 333 g/mol. The molecule has 0 bridgehead atoms. The van der Waals surface area contributed by atoms with Crippen molar-refractivity contribution in [2.45, 2.75) is 38.8 Å².